The number of benzene rings is 1. The molecule has 6 heteroatoms. The Balaban J connectivity index is 1.89. The molecule has 3 rings (SSSR count). The van der Waals surface area contributed by atoms with Crippen LogP contribution in [0.3, 0.4) is 0 Å². The summed E-state index contributed by atoms with van der Waals surface area (Å²) in [5.41, 5.74) is 2.85. The van der Waals surface area contributed by atoms with Crippen molar-refractivity contribution in [2.24, 2.45) is 16.8 Å². The molecule has 1 N–H and O–H groups in total. The highest BCUT2D eigenvalue weighted by Crippen LogP contribution is 2.59. The van der Waals surface area contributed by atoms with Gasteiger partial charge in [0.25, 0.3) is 0 Å². The van der Waals surface area contributed by atoms with Gasteiger partial charge in [-0.05, 0) is 49.6 Å². The van der Waals surface area contributed by atoms with E-state index in [2.05, 4.69) is 38.0 Å². The third-order valence-corrected chi connectivity index (χ3v) is 6.56. The van der Waals surface area contributed by atoms with Gasteiger partial charge in [-0.25, -0.2) is 13.4 Å². The van der Waals surface area contributed by atoms with Crippen molar-refractivity contribution in [3.63, 3.8) is 0 Å². The molecule has 3 atom stereocenters. The Bertz CT molecular complexity index is 886. The van der Waals surface area contributed by atoms with Crippen LogP contribution >= 0.6 is 0 Å². The molecule has 142 valence electrons. The second kappa shape index (κ2) is 6.50. The summed E-state index contributed by atoms with van der Waals surface area (Å²) in [6, 6.07) is 5.22. The van der Waals surface area contributed by atoms with Gasteiger partial charge in [0.2, 0.25) is 0 Å². The molecule has 26 heavy (non-hydrogen) atoms. The van der Waals surface area contributed by atoms with E-state index in [0.29, 0.717) is 10.8 Å². The van der Waals surface area contributed by atoms with Crippen LogP contribution in [0.5, 0.6) is 0 Å². The molecule has 0 saturated heterocycles. The minimum absolute atomic E-state index is 0.110. The summed E-state index contributed by atoms with van der Waals surface area (Å²) in [6.07, 6.45) is 4.03. The summed E-state index contributed by atoms with van der Waals surface area (Å²) in [5, 5.41) is 3.44. The summed E-state index contributed by atoms with van der Waals surface area (Å²) in [4.78, 5) is 4.97. The number of nitrogens with zero attached hydrogens (tertiary/aromatic N) is 1. The molecule has 0 spiro atoms. The first kappa shape index (κ1) is 19.1. The summed E-state index contributed by atoms with van der Waals surface area (Å²) >= 11 is 0. The van der Waals surface area contributed by atoms with Crippen LogP contribution < -0.4 is 5.32 Å². The van der Waals surface area contributed by atoms with Crippen LogP contribution in [-0.4, -0.2) is 32.2 Å². The summed E-state index contributed by atoms with van der Waals surface area (Å²) < 4.78 is 29.9. The molecule has 1 aromatic carbocycles. The normalized spacial score (nSPS) is 27.7. The van der Waals surface area contributed by atoms with Gasteiger partial charge in [0.1, 0.15) is 11.4 Å². The van der Waals surface area contributed by atoms with E-state index < -0.39 is 9.84 Å². The summed E-state index contributed by atoms with van der Waals surface area (Å²) in [6.45, 7) is 10.5. The van der Waals surface area contributed by atoms with E-state index in [1.54, 1.807) is 12.1 Å². The number of sulfone groups is 1. The van der Waals surface area contributed by atoms with Crippen molar-refractivity contribution in [2.45, 2.75) is 57.6 Å². The fourth-order valence-corrected chi connectivity index (χ4v) is 4.62. The molecule has 1 aliphatic heterocycles. The molecule has 1 fully saturated rings. The van der Waals surface area contributed by atoms with Crippen LogP contribution in [0.2, 0.25) is 0 Å². The first-order valence-corrected chi connectivity index (χ1v) is 11.1. The number of aliphatic imine (C=N–C) groups is 1. The Kier molecular flexibility index (Phi) is 4.78. The molecule has 5 nitrogen and oxygen atoms in total. The highest BCUT2D eigenvalue weighted by molar-refractivity contribution is 7.90. The zero-order valence-corrected chi connectivity index (χ0v) is 17.1. The molecular weight excluding hydrogens is 348 g/mol. The van der Waals surface area contributed by atoms with Crippen LogP contribution in [0, 0.1) is 11.8 Å². The zero-order valence-electron chi connectivity index (χ0n) is 16.3. The predicted molar refractivity (Wildman–Crippen MR) is 105 cm³/mol. The van der Waals surface area contributed by atoms with E-state index >= 15 is 0 Å². The quantitative estimate of drug-likeness (QED) is 0.848. The van der Waals surface area contributed by atoms with Gasteiger partial charge in [-0.1, -0.05) is 20.8 Å². The van der Waals surface area contributed by atoms with Gasteiger partial charge in [0.05, 0.1) is 11.0 Å². The van der Waals surface area contributed by atoms with E-state index in [4.69, 9.17) is 4.74 Å². The molecule has 0 radical (unpaired) electrons. The molecule has 2 aliphatic rings. The lowest BCUT2D eigenvalue weighted by atomic mass is 9.96. The zero-order chi connectivity index (χ0) is 19.3. The molecule has 3 unspecified atom stereocenters. The Morgan fingerprint density at radius 1 is 1.27 bits per heavy atom. The smallest absolute Gasteiger partial charge is 0.175 e. The van der Waals surface area contributed by atoms with Gasteiger partial charge in [-0.3, -0.25) is 0 Å². The van der Waals surface area contributed by atoms with Crippen LogP contribution in [0.25, 0.3) is 0 Å². The third kappa shape index (κ3) is 3.09. The monoisotopic (exact) mass is 376 g/mol. The number of amidine groups is 1. The first-order valence-electron chi connectivity index (χ1n) is 9.17. The highest BCUT2D eigenvalue weighted by Gasteiger charge is 2.64. The van der Waals surface area contributed by atoms with Crippen molar-refractivity contribution in [3.05, 3.63) is 35.5 Å². The Morgan fingerprint density at radius 2 is 1.96 bits per heavy atom. The van der Waals surface area contributed by atoms with Crippen molar-refractivity contribution in [3.8, 4) is 0 Å². The van der Waals surface area contributed by atoms with Crippen LogP contribution in [0.15, 0.2) is 39.9 Å². The average molecular weight is 377 g/mol. The van der Waals surface area contributed by atoms with E-state index in [0.717, 1.165) is 23.5 Å². The lowest BCUT2D eigenvalue weighted by Crippen LogP contribution is -2.39. The van der Waals surface area contributed by atoms with E-state index in [1.807, 2.05) is 19.2 Å². The maximum Gasteiger partial charge on any atom is 0.175 e. The number of rotatable bonds is 5. The van der Waals surface area contributed by atoms with Crippen molar-refractivity contribution in [1.82, 2.24) is 0 Å². The van der Waals surface area contributed by atoms with Gasteiger partial charge >= 0.3 is 0 Å². The Labute approximate surface area is 156 Å². The number of aryl methyl sites for hydroxylation is 1. The van der Waals surface area contributed by atoms with Crippen LogP contribution in [-0.2, 0) is 21.0 Å². The van der Waals surface area contributed by atoms with E-state index in [1.165, 1.54) is 11.8 Å². The van der Waals surface area contributed by atoms with E-state index in [9.17, 15) is 8.42 Å². The Hall–Kier alpha value is -1.66. The SMILES string of the molecule is CCc1cc(S(C)(=O)=O)ccc1NC1=NC=C2C(C)C2(OC(C)C)C1C. The minimum atomic E-state index is -3.22. The second-order valence-corrected chi connectivity index (χ2v) is 9.59. The van der Waals surface area contributed by atoms with Crippen molar-refractivity contribution < 1.29 is 13.2 Å². The van der Waals surface area contributed by atoms with E-state index in [-0.39, 0.29) is 17.6 Å². The van der Waals surface area contributed by atoms with Crippen molar-refractivity contribution in [2.75, 3.05) is 11.6 Å². The summed E-state index contributed by atoms with van der Waals surface area (Å²) in [5.74, 6) is 1.33. The van der Waals surface area contributed by atoms with Crippen molar-refractivity contribution >= 4 is 21.4 Å². The number of fused-ring (bicyclic) bond motifs is 1. The maximum atomic E-state index is 11.8. The molecule has 0 amide bonds. The van der Waals surface area contributed by atoms with Crippen LogP contribution in [0.1, 0.15) is 40.2 Å². The largest absolute Gasteiger partial charge is 0.367 e. The van der Waals surface area contributed by atoms with Gasteiger partial charge in [-0.2, -0.15) is 0 Å². The lowest BCUT2D eigenvalue weighted by molar-refractivity contribution is -0.0299. The van der Waals surface area contributed by atoms with Gasteiger partial charge in [0.15, 0.2) is 9.84 Å². The number of anilines is 1. The maximum absolute atomic E-state index is 11.8. The number of hydrogen-bond acceptors (Lipinski definition) is 5. The molecule has 0 aromatic heterocycles. The number of hydrogen-bond donors (Lipinski definition) is 1. The van der Waals surface area contributed by atoms with Gasteiger partial charge < -0.3 is 10.1 Å². The molecular formula is C20H28N2O3S. The molecule has 1 aromatic rings. The number of ether oxygens (including phenoxy) is 1. The topological polar surface area (TPSA) is 67.8 Å². The third-order valence-electron chi connectivity index (χ3n) is 5.45. The fraction of sp³-hybridized carbons (Fsp3) is 0.550. The average Bonchev–Trinajstić information content (AvgIpc) is 3.13. The lowest BCUT2D eigenvalue weighted by Gasteiger charge is -2.30. The van der Waals surface area contributed by atoms with Gasteiger partial charge in [-0.15, -0.1) is 0 Å². The molecule has 1 saturated carbocycles. The molecule has 0 bridgehead atoms. The second-order valence-electron chi connectivity index (χ2n) is 7.57. The predicted octanol–water partition coefficient (Wildman–Crippen LogP) is 3.81. The van der Waals surface area contributed by atoms with Crippen LogP contribution in [0.4, 0.5) is 5.69 Å². The summed E-state index contributed by atoms with van der Waals surface area (Å²) in [7, 11) is -3.22. The fourth-order valence-electron chi connectivity index (χ4n) is 3.95. The van der Waals surface area contributed by atoms with Crippen molar-refractivity contribution in [1.29, 1.82) is 0 Å². The highest BCUT2D eigenvalue weighted by atomic mass is 32.2. The standard InChI is InChI=1S/C20H28N2O3S/c1-7-15-10-16(26(6,23)24)8-9-18(15)22-19-14(5)20(25-12(2)3)13(4)17(20)11-21-19/h8-14H,7H2,1-6H3,(H,21,22). The Morgan fingerprint density at radius 3 is 2.54 bits per heavy atom. The molecule has 1 aliphatic carbocycles. The first-order chi connectivity index (χ1) is 12.1. The minimum Gasteiger partial charge on any atom is -0.367 e. The number of nitrogens with one attached hydrogen (secondary N) is 1. The van der Waals surface area contributed by atoms with Gasteiger partial charge in [0, 0.05) is 30.0 Å². The molecule has 1 heterocycles.